The molecular formula is C11H13N3O4. The molecule has 1 aromatic rings. The van der Waals surface area contributed by atoms with Crippen LogP contribution in [0.1, 0.15) is 10.4 Å². The lowest BCUT2D eigenvalue weighted by atomic mass is 10.2. The van der Waals surface area contributed by atoms with Gasteiger partial charge in [0.1, 0.15) is 6.54 Å². The van der Waals surface area contributed by atoms with Crippen molar-refractivity contribution >= 4 is 23.5 Å². The number of carbonyl (C=O) groups excluding carboxylic acids is 2. The zero-order valence-electron chi connectivity index (χ0n) is 9.47. The van der Waals surface area contributed by atoms with Gasteiger partial charge in [-0.05, 0) is 24.3 Å². The number of hydrogen-bond acceptors (Lipinski definition) is 4. The smallest absolute Gasteiger partial charge is 0.322 e. The average molecular weight is 251 g/mol. The van der Waals surface area contributed by atoms with E-state index in [-0.39, 0.29) is 12.5 Å². The van der Waals surface area contributed by atoms with Crippen molar-refractivity contribution < 1.29 is 19.5 Å². The van der Waals surface area contributed by atoms with E-state index < -0.39 is 18.4 Å². The first-order chi connectivity index (χ1) is 8.52. The molecule has 0 fully saturated rings. The summed E-state index contributed by atoms with van der Waals surface area (Å²) in [5.41, 5.74) is 5.96. The molecule has 1 rings (SSSR count). The Morgan fingerprint density at radius 3 is 2.28 bits per heavy atom. The number of anilines is 1. The van der Waals surface area contributed by atoms with Crippen LogP contribution in [-0.4, -0.2) is 36.0 Å². The summed E-state index contributed by atoms with van der Waals surface area (Å²) in [6, 6.07) is 6.01. The second kappa shape index (κ2) is 6.36. The van der Waals surface area contributed by atoms with Crippen LogP contribution in [0, 0.1) is 0 Å². The molecule has 0 aliphatic heterocycles. The Labute approximate surface area is 103 Å². The highest BCUT2D eigenvalue weighted by molar-refractivity contribution is 5.97. The minimum absolute atomic E-state index is 0.124. The average Bonchev–Trinajstić information content (AvgIpc) is 2.36. The molecule has 0 aliphatic carbocycles. The number of carbonyl (C=O) groups is 3. The van der Waals surface area contributed by atoms with E-state index in [4.69, 9.17) is 10.8 Å². The van der Waals surface area contributed by atoms with Gasteiger partial charge in [0.25, 0.3) is 5.91 Å². The maximum absolute atomic E-state index is 11.5. The third-order valence-corrected chi connectivity index (χ3v) is 2.02. The van der Waals surface area contributed by atoms with Crippen molar-refractivity contribution in [3.63, 3.8) is 0 Å². The molecule has 0 aliphatic rings. The van der Waals surface area contributed by atoms with Crippen molar-refractivity contribution in [3.05, 3.63) is 29.8 Å². The van der Waals surface area contributed by atoms with E-state index in [1.807, 2.05) is 0 Å². The van der Waals surface area contributed by atoms with Gasteiger partial charge < -0.3 is 21.5 Å². The highest BCUT2D eigenvalue weighted by Crippen LogP contribution is 2.09. The third-order valence-electron chi connectivity index (χ3n) is 2.02. The predicted molar refractivity (Wildman–Crippen MR) is 64.1 cm³/mol. The molecule has 5 N–H and O–H groups in total. The Morgan fingerprint density at radius 1 is 1.17 bits per heavy atom. The monoisotopic (exact) mass is 251 g/mol. The number of nitrogens with one attached hydrogen (secondary N) is 2. The number of carboxylic acids is 1. The standard InChI is InChI=1S/C11H13N3O4/c12-5-9(15)14-8-3-1-7(2-4-8)11(18)13-6-10(16)17/h1-4H,5-6,12H2,(H,13,18)(H,14,15)(H,16,17). The molecule has 0 heterocycles. The Morgan fingerprint density at radius 2 is 1.78 bits per heavy atom. The quantitative estimate of drug-likeness (QED) is 0.556. The lowest BCUT2D eigenvalue weighted by Gasteiger charge is -2.05. The first-order valence-corrected chi connectivity index (χ1v) is 5.13. The number of hydrogen-bond donors (Lipinski definition) is 4. The predicted octanol–water partition coefficient (Wildman–Crippen LogP) is -0.602. The van der Waals surface area contributed by atoms with Crippen LogP contribution in [-0.2, 0) is 9.59 Å². The van der Waals surface area contributed by atoms with E-state index in [0.29, 0.717) is 11.3 Å². The van der Waals surface area contributed by atoms with Crippen molar-refractivity contribution in [1.82, 2.24) is 5.32 Å². The summed E-state index contributed by atoms with van der Waals surface area (Å²) in [4.78, 5) is 32.7. The van der Waals surface area contributed by atoms with Crippen molar-refractivity contribution in [2.24, 2.45) is 5.73 Å². The van der Waals surface area contributed by atoms with Gasteiger partial charge in [0.15, 0.2) is 0 Å². The van der Waals surface area contributed by atoms with Crippen LogP contribution in [0.3, 0.4) is 0 Å². The maximum atomic E-state index is 11.5. The van der Waals surface area contributed by atoms with Gasteiger partial charge in [0.05, 0.1) is 6.54 Å². The topological polar surface area (TPSA) is 122 Å². The molecule has 0 radical (unpaired) electrons. The van der Waals surface area contributed by atoms with Gasteiger partial charge in [0.2, 0.25) is 5.91 Å². The van der Waals surface area contributed by atoms with Crippen LogP contribution in [0.5, 0.6) is 0 Å². The summed E-state index contributed by atoms with van der Waals surface area (Å²) in [5.74, 6) is -1.94. The van der Waals surface area contributed by atoms with E-state index in [0.717, 1.165) is 0 Å². The molecule has 0 atom stereocenters. The highest BCUT2D eigenvalue weighted by atomic mass is 16.4. The SMILES string of the molecule is NCC(=O)Nc1ccc(C(=O)NCC(=O)O)cc1. The largest absolute Gasteiger partial charge is 0.480 e. The first kappa shape index (κ1) is 13.7. The molecule has 0 spiro atoms. The molecule has 0 bridgehead atoms. The van der Waals surface area contributed by atoms with Gasteiger partial charge in [-0.2, -0.15) is 0 Å². The number of benzene rings is 1. The molecule has 0 unspecified atom stereocenters. The fraction of sp³-hybridized carbons (Fsp3) is 0.182. The molecule has 7 nitrogen and oxygen atoms in total. The Bertz CT molecular complexity index is 456. The van der Waals surface area contributed by atoms with Gasteiger partial charge in [-0.1, -0.05) is 0 Å². The highest BCUT2D eigenvalue weighted by Gasteiger charge is 2.07. The molecule has 0 saturated heterocycles. The van der Waals surface area contributed by atoms with Gasteiger partial charge in [-0.15, -0.1) is 0 Å². The van der Waals surface area contributed by atoms with Gasteiger partial charge >= 0.3 is 5.97 Å². The van der Waals surface area contributed by atoms with Crippen molar-refractivity contribution in [3.8, 4) is 0 Å². The second-order valence-electron chi connectivity index (χ2n) is 3.41. The Hall–Kier alpha value is -2.41. The van der Waals surface area contributed by atoms with E-state index in [1.54, 1.807) is 0 Å². The van der Waals surface area contributed by atoms with Gasteiger partial charge in [-0.3, -0.25) is 14.4 Å². The summed E-state index contributed by atoms with van der Waals surface area (Å²) in [6.07, 6.45) is 0. The molecule has 7 heteroatoms. The molecule has 2 amide bonds. The molecule has 0 aromatic heterocycles. The van der Waals surface area contributed by atoms with Crippen LogP contribution in [0.25, 0.3) is 0 Å². The Kier molecular flexibility index (Phi) is 4.82. The lowest BCUT2D eigenvalue weighted by Crippen LogP contribution is -2.29. The van der Waals surface area contributed by atoms with Crippen LogP contribution >= 0.6 is 0 Å². The van der Waals surface area contributed by atoms with E-state index >= 15 is 0 Å². The minimum Gasteiger partial charge on any atom is -0.480 e. The molecule has 18 heavy (non-hydrogen) atoms. The summed E-state index contributed by atoms with van der Waals surface area (Å²) in [6.45, 7) is -0.564. The van der Waals surface area contributed by atoms with Crippen molar-refractivity contribution in [1.29, 1.82) is 0 Å². The zero-order chi connectivity index (χ0) is 13.5. The van der Waals surface area contributed by atoms with Crippen LogP contribution in [0.2, 0.25) is 0 Å². The molecular weight excluding hydrogens is 238 g/mol. The van der Waals surface area contributed by atoms with Crippen molar-refractivity contribution in [2.75, 3.05) is 18.4 Å². The summed E-state index contributed by atoms with van der Waals surface area (Å²) < 4.78 is 0. The van der Waals surface area contributed by atoms with Crippen LogP contribution in [0.15, 0.2) is 24.3 Å². The number of amides is 2. The van der Waals surface area contributed by atoms with E-state index in [9.17, 15) is 14.4 Å². The summed E-state index contributed by atoms with van der Waals surface area (Å²) in [5, 5.41) is 13.1. The van der Waals surface area contributed by atoms with Gasteiger partial charge in [0, 0.05) is 11.3 Å². The fourth-order valence-corrected chi connectivity index (χ4v) is 1.17. The first-order valence-electron chi connectivity index (χ1n) is 5.13. The minimum atomic E-state index is -1.12. The maximum Gasteiger partial charge on any atom is 0.322 e. The van der Waals surface area contributed by atoms with Crippen molar-refractivity contribution in [2.45, 2.75) is 0 Å². The molecule has 1 aromatic carbocycles. The van der Waals surface area contributed by atoms with Crippen LogP contribution in [0.4, 0.5) is 5.69 Å². The number of aliphatic carboxylic acids is 1. The molecule has 96 valence electrons. The molecule has 0 saturated carbocycles. The van der Waals surface area contributed by atoms with Crippen LogP contribution < -0.4 is 16.4 Å². The number of nitrogens with two attached hydrogens (primary N) is 1. The summed E-state index contributed by atoms with van der Waals surface area (Å²) in [7, 11) is 0. The third kappa shape index (κ3) is 4.22. The summed E-state index contributed by atoms with van der Waals surface area (Å²) >= 11 is 0. The van der Waals surface area contributed by atoms with E-state index in [2.05, 4.69) is 10.6 Å². The number of carboxylic acid groups (broad SMARTS) is 1. The lowest BCUT2D eigenvalue weighted by molar-refractivity contribution is -0.135. The fourth-order valence-electron chi connectivity index (χ4n) is 1.17. The normalized spacial score (nSPS) is 9.61. The second-order valence-corrected chi connectivity index (χ2v) is 3.41. The zero-order valence-corrected chi connectivity index (χ0v) is 9.47. The van der Waals surface area contributed by atoms with Gasteiger partial charge in [-0.25, -0.2) is 0 Å². The number of rotatable bonds is 5. The van der Waals surface area contributed by atoms with E-state index in [1.165, 1.54) is 24.3 Å². The Balaban J connectivity index is 2.62.